The molecule has 6 rings (SSSR count). The highest BCUT2D eigenvalue weighted by Crippen LogP contribution is 2.73. The molecule has 3 aromatic rings. The summed E-state index contributed by atoms with van der Waals surface area (Å²) in [5.74, 6) is 0.0278. The van der Waals surface area contributed by atoms with Crippen molar-refractivity contribution in [2.45, 2.75) is 14.7 Å². The highest BCUT2D eigenvalue weighted by Gasteiger charge is 2.34. The highest BCUT2D eigenvalue weighted by atomic mass is 32.3. The molecule has 0 saturated carbocycles. The van der Waals surface area contributed by atoms with Crippen molar-refractivity contribution in [3.05, 3.63) is 185 Å². The van der Waals surface area contributed by atoms with Gasteiger partial charge in [-0.3, -0.25) is 9.98 Å². The summed E-state index contributed by atoms with van der Waals surface area (Å²) in [7, 11) is -1.84. The molecule has 1 aliphatic carbocycles. The third-order valence-electron chi connectivity index (χ3n) is 7.00. The van der Waals surface area contributed by atoms with Gasteiger partial charge in [-0.25, -0.2) is 0 Å². The summed E-state index contributed by atoms with van der Waals surface area (Å²) in [4.78, 5) is 13.8. The van der Waals surface area contributed by atoms with E-state index >= 15 is 0 Å². The second-order valence-corrected chi connectivity index (χ2v) is 12.6. The van der Waals surface area contributed by atoms with E-state index in [1.807, 2.05) is 36.7 Å². The van der Waals surface area contributed by atoms with Crippen LogP contribution in [0.25, 0.3) is 5.57 Å². The van der Waals surface area contributed by atoms with E-state index in [0.29, 0.717) is 0 Å². The summed E-state index contributed by atoms with van der Waals surface area (Å²) in [6.45, 7) is 0. The van der Waals surface area contributed by atoms with Crippen molar-refractivity contribution in [2.24, 2.45) is 15.9 Å². The van der Waals surface area contributed by atoms with Gasteiger partial charge < -0.3 is 0 Å². The molecular formula is C38H28N2S. The highest BCUT2D eigenvalue weighted by molar-refractivity contribution is 8.37. The zero-order valence-electron chi connectivity index (χ0n) is 22.5. The Kier molecular flexibility index (Phi) is 7.88. The molecule has 0 N–H and O–H groups in total. The lowest BCUT2D eigenvalue weighted by Gasteiger charge is -2.42. The molecule has 0 spiro atoms. The molecular weight excluding hydrogens is 516 g/mol. The lowest BCUT2D eigenvalue weighted by Crippen LogP contribution is -2.06. The van der Waals surface area contributed by atoms with Crippen LogP contribution < -0.4 is 0 Å². The molecule has 2 nitrogen and oxygen atoms in total. The minimum atomic E-state index is -1.84. The summed E-state index contributed by atoms with van der Waals surface area (Å²) in [5, 5.41) is 0. The fourth-order valence-corrected chi connectivity index (χ4v) is 8.92. The second-order valence-electron chi connectivity index (χ2n) is 9.47. The van der Waals surface area contributed by atoms with E-state index in [1.165, 1.54) is 19.6 Å². The Morgan fingerprint density at radius 1 is 0.634 bits per heavy atom. The minimum absolute atomic E-state index is 0.0278. The van der Waals surface area contributed by atoms with E-state index in [1.54, 1.807) is 12.4 Å². The van der Waals surface area contributed by atoms with Crippen LogP contribution in [0.4, 0.5) is 0 Å². The molecule has 1 atom stereocenters. The number of hydrogen-bond acceptors (Lipinski definition) is 2. The molecule has 0 saturated heterocycles. The van der Waals surface area contributed by atoms with Crippen LogP contribution in [-0.2, 0) is 0 Å². The number of allylic oxidation sites excluding steroid dienone is 10. The Bertz CT molecular complexity index is 1750. The van der Waals surface area contributed by atoms with Crippen molar-refractivity contribution in [3.63, 3.8) is 0 Å². The van der Waals surface area contributed by atoms with Crippen molar-refractivity contribution < 1.29 is 0 Å². The van der Waals surface area contributed by atoms with Gasteiger partial charge in [0.1, 0.15) is 0 Å². The molecule has 0 bridgehead atoms. The quantitative estimate of drug-likeness (QED) is 0.276. The summed E-state index contributed by atoms with van der Waals surface area (Å²) in [6.07, 6.45) is 25.9. The van der Waals surface area contributed by atoms with Crippen LogP contribution in [-0.4, -0.2) is 12.4 Å². The van der Waals surface area contributed by atoms with E-state index in [4.69, 9.17) is 0 Å². The fraction of sp³-hybridized carbons (Fsp3) is 0.0263. The first kappa shape index (κ1) is 26.1. The molecule has 41 heavy (non-hydrogen) atoms. The molecule has 0 radical (unpaired) electrons. The smallest absolute Gasteiger partial charge is 0.0686 e. The van der Waals surface area contributed by atoms with Gasteiger partial charge in [0.2, 0.25) is 0 Å². The largest absolute Gasteiger partial charge is 0.260 e. The van der Waals surface area contributed by atoms with Crippen LogP contribution >= 0.6 is 10.0 Å². The average molecular weight is 545 g/mol. The molecule has 0 amide bonds. The number of benzene rings is 3. The van der Waals surface area contributed by atoms with Crippen molar-refractivity contribution in [3.8, 4) is 0 Å². The van der Waals surface area contributed by atoms with Crippen LogP contribution in [0.5, 0.6) is 0 Å². The summed E-state index contributed by atoms with van der Waals surface area (Å²) in [5.41, 5.74) is 12.8. The van der Waals surface area contributed by atoms with Crippen molar-refractivity contribution in [1.29, 1.82) is 0 Å². The van der Waals surface area contributed by atoms with Gasteiger partial charge in [0, 0.05) is 49.1 Å². The molecule has 2 heterocycles. The first-order chi connectivity index (χ1) is 20.4. The Morgan fingerprint density at radius 3 is 2.07 bits per heavy atom. The second kappa shape index (κ2) is 12.4. The van der Waals surface area contributed by atoms with Gasteiger partial charge >= 0.3 is 0 Å². The van der Waals surface area contributed by atoms with Gasteiger partial charge in [-0.15, -0.1) is 27.2 Å². The number of hydrogen-bond donors (Lipinski definition) is 0. The number of aliphatic imine (C=N–C) groups is 2. The molecule has 0 fully saturated rings. The predicted octanol–water partition coefficient (Wildman–Crippen LogP) is 9.57. The summed E-state index contributed by atoms with van der Waals surface area (Å²) >= 11 is 0. The normalized spacial score (nSPS) is 17.8. The van der Waals surface area contributed by atoms with Crippen molar-refractivity contribution >= 4 is 28.0 Å². The van der Waals surface area contributed by atoms with Crippen molar-refractivity contribution in [1.82, 2.24) is 0 Å². The van der Waals surface area contributed by atoms with Gasteiger partial charge in [0.15, 0.2) is 0 Å². The lowest BCUT2D eigenvalue weighted by molar-refractivity contribution is 1.09. The fourth-order valence-electron chi connectivity index (χ4n) is 5.07. The summed E-state index contributed by atoms with van der Waals surface area (Å²) in [6, 6.07) is 30.7. The zero-order valence-corrected chi connectivity index (χ0v) is 23.3. The third kappa shape index (κ3) is 5.49. The van der Waals surface area contributed by atoms with Gasteiger partial charge in [-0.2, -0.15) is 0 Å². The molecule has 3 heteroatoms. The van der Waals surface area contributed by atoms with Crippen LogP contribution in [0.2, 0.25) is 0 Å². The minimum Gasteiger partial charge on any atom is -0.260 e. The third-order valence-corrected chi connectivity index (χ3v) is 10.9. The Hall–Kier alpha value is -5.13. The van der Waals surface area contributed by atoms with Gasteiger partial charge in [0.25, 0.3) is 0 Å². The van der Waals surface area contributed by atoms with E-state index < -0.39 is 10.0 Å². The van der Waals surface area contributed by atoms with Crippen LogP contribution in [0.1, 0.15) is 5.56 Å². The molecule has 2 aliphatic heterocycles. The van der Waals surface area contributed by atoms with E-state index in [2.05, 4.69) is 142 Å². The monoisotopic (exact) mass is 544 g/mol. The number of nitrogens with zero attached hydrogens (tertiary/aromatic N) is 2. The molecule has 0 aromatic heterocycles. The topological polar surface area (TPSA) is 24.7 Å². The first-order valence-electron chi connectivity index (χ1n) is 13.5. The van der Waals surface area contributed by atoms with E-state index in [-0.39, 0.29) is 5.92 Å². The van der Waals surface area contributed by atoms with Crippen molar-refractivity contribution in [2.75, 3.05) is 0 Å². The zero-order chi connectivity index (χ0) is 27.7. The average Bonchev–Trinajstić information content (AvgIpc) is 3.44. The molecule has 1 unspecified atom stereocenters. The summed E-state index contributed by atoms with van der Waals surface area (Å²) < 4.78 is 0. The lowest BCUT2D eigenvalue weighted by atomic mass is 10.00. The molecule has 196 valence electrons. The van der Waals surface area contributed by atoms with Crippen LogP contribution in [0, 0.1) is 5.92 Å². The maximum Gasteiger partial charge on any atom is 0.0686 e. The SMILES string of the molecule is C1=CC=C(c2ccc(S(C3=CC=C=C(C4C=CC=C=CN=C4)C=C3)(c3ccccc3)c3ccccc3)cc2)C=NC=1. The van der Waals surface area contributed by atoms with Crippen LogP contribution in [0.3, 0.4) is 0 Å². The number of rotatable bonds is 6. The Labute approximate surface area is 243 Å². The Morgan fingerprint density at radius 2 is 1.32 bits per heavy atom. The van der Waals surface area contributed by atoms with Gasteiger partial charge in [-0.1, -0.05) is 60.7 Å². The van der Waals surface area contributed by atoms with Gasteiger partial charge in [-0.05, 0) is 84.5 Å². The predicted molar refractivity (Wildman–Crippen MR) is 173 cm³/mol. The van der Waals surface area contributed by atoms with Gasteiger partial charge in [0.05, 0.1) is 12.4 Å². The van der Waals surface area contributed by atoms with E-state index in [0.717, 1.165) is 16.7 Å². The molecule has 3 aliphatic rings. The van der Waals surface area contributed by atoms with E-state index in [9.17, 15) is 0 Å². The molecule has 3 aromatic carbocycles. The first-order valence-corrected chi connectivity index (χ1v) is 15.1. The maximum absolute atomic E-state index is 4.40. The Balaban J connectivity index is 1.50. The maximum atomic E-state index is 4.40. The van der Waals surface area contributed by atoms with Crippen LogP contribution in [0.15, 0.2) is 204 Å². The standard InChI is InChI=1S/C38H28N2S/c1-5-16-35(17-6-1)41(36-18-7-2-8-19-36,38-25-22-32(23-26-38)34-14-9-11-28-40-30-34)37-20-12-15-31(21-24-37)33-13-4-3-10-27-39-29-33/h1-9,12-14,16-30,33H.